The molecule has 4 rings (SSSR count). The molecule has 0 saturated carbocycles. The quantitative estimate of drug-likeness (QED) is 0.481. The molecule has 0 aliphatic heterocycles. The van der Waals surface area contributed by atoms with Gasteiger partial charge in [0.1, 0.15) is 17.0 Å². The monoisotopic (exact) mass is 436 g/mol. The minimum absolute atomic E-state index is 0.00759. The standard InChI is InChI=1S/C23H18F2N4O3/c1-12-17(10-14(11-30)23(27-12)32-3)16-8-9-29-21(19(16)25)18(22(31)26-2)20(28-29)13-4-6-15(24)7-5-13/h4-11H,1-3H3,(H,26,31). The second-order valence-corrected chi connectivity index (χ2v) is 6.98. The molecule has 0 radical (unpaired) electrons. The number of halogens is 2. The van der Waals surface area contributed by atoms with E-state index in [1.807, 2.05) is 0 Å². The van der Waals surface area contributed by atoms with Gasteiger partial charge in [-0.1, -0.05) is 0 Å². The summed E-state index contributed by atoms with van der Waals surface area (Å²) in [5.74, 6) is -1.56. The van der Waals surface area contributed by atoms with Gasteiger partial charge < -0.3 is 10.1 Å². The normalized spacial score (nSPS) is 10.9. The van der Waals surface area contributed by atoms with Crippen molar-refractivity contribution >= 4 is 17.7 Å². The van der Waals surface area contributed by atoms with Crippen LogP contribution in [0.3, 0.4) is 0 Å². The number of ether oxygens (including phenoxy) is 1. The molecule has 0 atom stereocenters. The molecule has 7 nitrogen and oxygen atoms in total. The van der Waals surface area contributed by atoms with Gasteiger partial charge in [0.25, 0.3) is 5.91 Å². The fourth-order valence-electron chi connectivity index (χ4n) is 3.58. The van der Waals surface area contributed by atoms with E-state index in [0.29, 0.717) is 23.1 Å². The molecular weight excluding hydrogens is 418 g/mol. The summed E-state index contributed by atoms with van der Waals surface area (Å²) < 4.78 is 35.6. The van der Waals surface area contributed by atoms with Gasteiger partial charge in [-0.05, 0) is 43.3 Å². The average molecular weight is 436 g/mol. The first kappa shape index (κ1) is 21.1. The van der Waals surface area contributed by atoms with Crippen molar-refractivity contribution in [2.24, 2.45) is 0 Å². The van der Waals surface area contributed by atoms with Crippen LogP contribution in [0.25, 0.3) is 27.9 Å². The Morgan fingerprint density at radius 2 is 1.88 bits per heavy atom. The molecule has 162 valence electrons. The number of carbonyl (C=O) groups excluding carboxylic acids is 2. The van der Waals surface area contributed by atoms with Gasteiger partial charge in [-0.3, -0.25) is 9.59 Å². The summed E-state index contributed by atoms with van der Waals surface area (Å²) in [6.45, 7) is 1.66. The van der Waals surface area contributed by atoms with Crippen molar-refractivity contribution in [3.05, 3.63) is 71.1 Å². The van der Waals surface area contributed by atoms with E-state index >= 15 is 4.39 Å². The molecule has 0 aliphatic rings. The molecule has 9 heteroatoms. The molecular formula is C23H18F2N4O3. The van der Waals surface area contributed by atoms with Crippen LogP contribution in [0.2, 0.25) is 0 Å². The first-order valence-electron chi connectivity index (χ1n) is 9.59. The van der Waals surface area contributed by atoms with Crippen LogP contribution in [0.5, 0.6) is 5.88 Å². The topological polar surface area (TPSA) is 85.6 Å². The number of aldehydes is 1. The molecule has 0 spiro atoms. The number of aryl methyl sites for hydroxylation is 1. The fourth-order valence-corrected chi connectivity index (χ4v) is 3.58. The summed E-state index contributed by atoms with van der Waals surface area (Å²) in [5.41, 5.74) is 1.75. The van der Waals surface area contributed by atoms with Crippen LogP contribution in [0, 0.1) is 18.6 Å². The number of fused-ring (bicyclic) bond motifs is 1. The second-order valence-electron chi connectivity index (χ2n) is 6.98. The highest BCUT2D eigenvalue weighted by Crippen LogP contribution is 2.34. The van der Waals surface area contributed by atoms with Gasteiger partial charge >= 0.3 is 0 Å². The fraction of sp³-hybridized carbons (Fsp3) is 0.130. The molecule has 0 bridgehead atoms. The zero-order valence-corrected chi connectivity index (χ0v) is 17.4. The smallest absolute Gasteiger partial charge is 0.255 e. The number of nitrogens with one attached hydrogen (secondary N) is 1. The van der Waals surface area contributed by atoms with E-state index in [1.54, 1.807) is 6.92 Å². The van der Waals surface area contributed by atoms with Crippen molar-refractivity contribution in [2.45, 2.75) is 6.92 Å². The summed E-state index contributed by atoms with van der Waals surface area (Å²) in [6.07, 6.45) is 2.09. The molecule has 4 aromatic rings. The largest absolute Gasteiger partial charge is 0.480 e. The van der Waals surface area contributed by atoms with Crippen LogP contribution in [-0.2, 0) is 0 Å². The molecule has 1 aromatic carbocycles. The van der Waals surface area contributed by atoms with Crippen molar-refractivity contribution in [2.75, 3.05) is 14.2 Å². The average Bonchev–Trinajstić information content (AvgIpc) is 3.20. The molecule has 3 heterocycles. The first-order chi connectivity index (χ1) is 15.4. The van der Waals surface area contributed by atoms with Crippen LogP contribution in [0.1, 0.15) is 26.4 Å². The van der Waals surface area contributed by atoms with E-state index in [1.165, 1.54) is 61.3 Å². The SMILES string of the molecule is CNC(=O)c1c(-c2ccc(F)cc2)nn2ccc(-c3cc(C=O)c(OC)nc3C)c(F)c12. The van der Waals surface area contributed by atoms with Crippen LogP contribution in [-0.4, -0.2) is 40.9 Å². The first-order valence-corrected chi connectivity index (χ1v) is 9.59. The zero-order valence-electron chi connectivity index (χ0n) is 17.4. The number of nitrogens with zero attached hydrogens (tertiary/aromatic N) is 3. The van der Waals surface area contributed by atoms with Crippen molar-refractivity contribution in [1.29, 1.82) is 0 Å². The van der Waals surface area contributed by atoms with Crippen molar-refractivity contribution in [3.8, 4) is 28.3 Å². The Labute approximate surface area is 181 Å². The lowest BCUT2D eigenvalue weighted by Crippen LogP contribution is -2.18. The predicted molar refractivity (Wildman–Crippen MR) is 114 cm³/mol. The number of hydrogen-bond acceptors (Lipinski definition) is 5. The number of aromatic nitrogens is 3. The lowest BCUT2D eigenvalue weighted by Gasteiger charge is -2.11. The number of rotatable bonds is 5. The Balaban J connectivity index is 2.01. The highest BCUT2D eigenvalue weighted by molar-refractivity contribution is 6.07. The van der Waals surface area contributed by atoms with Crippen LogP contribution in [0.4, 0.5) is 8.78 Å². The predicted octanol–water partition coefficient (Wildman–Crippen LogP) is 3.83. The molecule has 0 aliphatic carbocycles. The summed E-state index contributed by atoms with van der Waals surface area (Å²) >= 11 is 0. The Hall–Kier alpha value is -4.14. The lowest BCUT2D eigenvalue weighted by molar-refractivity contribution is 0.0964. The van der Waals surface area contributed by atoms with Crippen molar-refractivity contribution in [3.63, 3.8) is 0 Å². The summed E-state index contributed by atoms with van der Waals surface area (Å²) in [5, 5.41) is 6.87. The van der Waals surface area contributed by atoms with E-state index in [9.17, 15) is 14.0 Å². The maximum absolute atomic E-state index is 15.9. The third kappa shape index (κ3) is 3.37. The number of methoxy groups -OCH3 is 1. The Morgan fingerprint density at radius 3 is 2.50 bits per heavy atom. The van der Waals surface area contributed by atoms with Gasteiger partial charge in [-0.2, -0.15) is 5.10 Å². The van der Waals surface area contributed by atoms with Gasteiger partial charge in [0.2, 0.25) is 5.88 Å². The summed E-state index contributed by atoms with van der Waals surface area (Å²) in [4.78, 5) is 28.4. The number of carbonyl (C=O) groups is 2. The Bertz CT molecular complexity index is 1360. The van der Waals surface area contributed by atoms with E-state index in [-0.39, 0.29) is 33.8 Å². The third-order valence-electron chi connectivity index (χ3n) is 5.13. The van der Waals surface area contributed by atoms with Crippen molar-refractivity contribution < 1.29 is 23.1 Å². The molecule has 1 N–H and O–H groups in total. The Morgan fingerprint density at radius 1 is 1.16 bits per heavy atom. The van der Waals surface area contributed by atoms with Crippen molar-refractivity contribution in [1.82, 2.24) is 19.9 Å². The van der Waals surface area contributed by atoms with Crippen LogP contribution in [0.15, 0.2) is 42.6 Å². The maximum Gasteiger partial charge on any atom is 0.255 e. The molecule has 3 aromatic heterocycles. The van der Waals surface area contributed by atoms with E-state index in [4.69, 9.17) is 4.74 Å². The molecule has 0 fully saturated rings. The lowest BCUT2D eigenvalue weighted by atomic mass is 10.0. The second kappa shape index (κ2) is 8.18. The number of pyridine rings is 2. The molecule has 1 amide bonds. The summed E-state index contributed by atoms with van der Waals surface area (Å²) in [7, 11) is 2.82. The number of benzene rings is 1. The molecule has 32 heavy (non-hydrogen) atoms. The highest BCUT2D eigenvalue weighted by atomic mass is 19.1. The minimum Gasteiger partial charge on any atom is -0.480 e. The van der Waals surface area contributed by atoms with Gasteiger partial charge in [0.15, 0.2) is 12.1 Å². The number of amides is 1. The Kier molecular flexibility index (Phi) is 5.40. The molecule has 0 saturated heterocycles. The number of hydrogen-bond donors (Lipinski definition) is 1. The van der Waals surface area contributed by atoms with Crippen LogP contribution >= 0.6 is 0 Å². The minimum atomic E-state index is -0.709. The highest BCUT2D eigenvalue weighted by Gasteiger charge is 2.25. The third-order valence-corrected chi connectivity index (χ3v) is 5.13. The van der Waals surface area contributed by atoms with E-state index in [2.05, 4.69) is 15.4 Å². The zero-order chi connectivity index (χ0) is 23.0. The van der Waals surface area contributed by atoms with Crippen LogP contribution < -0.4 is 10.1 Å². The molecule has 0 unspecified atom stereocenters. The maximum atomic E-state index is 15.9. The van der Waals surface area contributed by atoms with Gasteiger partial charge in [-0.15, -0.1) is 0 Å². The van der Waals surface area contributed by atoms with E-state index < -0.39 is 17.5 Å². The van der Waals surface area contributed by atoms with E-state index in [0.717, 1.165) is 0 Å². The summed E-state index contributed by atoms with van der Waals surface area (Å²) in [6, 6.07) is 8.39. The van der Waals surface area contributed by atoms with Gasteiger partial charge in [-0.25, -0.2) is 18.3 Å². The van der Waals surface area contributed by atoms with Gasteiger partial charge in [0, 0.05) is 35.6 Å². The van der Waals surface area contributed by atoms with Gasteiger partial charge in [0.05, 0.1) is 18.2 Å².